The third-order valence-corrected chi connectivity index (χ3v) is 4.26. The van der Waals surface area contributed by atoms with E-state index in [0.717, 1.165) is 27.0 Å². The summed E-state index contributed by atoms with van der Waals surface area (Å²) in [6, 6.07) is 6.39. The lowest BCUT2D eigenvalue weighted by Crippen LogP contribution is -2.04. The summed E-state index contributed by atoms with van der Waals surface area (Å²) < 4.78 is 15.9. The number of rotatable bonds is 3. The Bertz CT molecular complexity index is 629. The number of benzene rings is 1. The van der Waals surface area contributed by atoms with Gasteiger partial charge in [0, 0.05) is 23.6 Å². The molecule has 4 heteroatoms. The quantitative estimate of drug-likeness (QED) is 0.835. The van der Waals surface area contributed by atoms with Gasteiger partial charge in [-0.25, -0.2) is 4.39 Å². The van der Waals surface area contributed by atoms with Gasteiger partial charge in [0.15, 0.2) is 0 Å². The number of hydrogen-bond donors (Lipinski definition) is 0. The van der Waals surface area contributed by atoms with Gasteiger partial charge in [-0.05, 0) is 65.2 Å². The Morgan fingerprint density at radius 1 is 1.32 bits per heavy atom. The Morgan fingerprint density at radius 2 is 1.89 bits per heavy atom. The molecule has 0 fully saturated rings. The van der Waals surface area contributed by atoms with E-state index in [1.165, 1.54) is 12.1 Å². The molecule has 0 bridgehead atoms. The van der Waals surface area contributed by atoms with E-state index >= 15 is 0 Å². The van der Waals surface area contributed by atoms with Crippen molar-refractivity contribution >= 4 is 21.7 Å². The van der Waals surface area contributed by atoms with Gasteiger partial charge in [0.2, 0.25) is 0 Å². The standard InChI is InChI=1S/C15H15BrFNO/c1-9(19)8-13-14(16)10(2)15(18(13)3)11-4-6-12(17)7-5-11/h4-7H,8H2,1-3H3. The normalized spacial score (nSPS) is 10.8. The number of halogens is 2. The Morgan fingerprint density at radius 3 is 2.42 bits per heavy atom. The van der Waals surface area contributed by atoms with Crippen molar-refractivity contribution in [3.63, 3.8) is 0 Å². The lowest BCUT2D eigenvalue weighted by molar-refractivity contribution is -0.116. The van der Waals surface area contributed by atoms with E-state index in [9.17, 15) is 9.18 Å². The number of aromatic nitrogens is 1. The molecule has 0 aliphatic heterocycles. The third kappa shape index (κ3) is 2.63. The van der Waals surface area contributed by atoms with Gasteiger partial charge in [0.05, 0.1) is 5.69 Å². The molecule has 0 atom stereocenters. The average molecular weight is 324 g/mol. The number of carbonyl (C=O) groups is 1. The van der Waals surface area contributed by atoms with Crippen molar-refractivity contribution in [2.75, 3.05) is 0 Å². The topological polar surface area (TPSA) is 22.0 Å². The van der Waals surface area contributed by atoms with E-state index in [-0.39, 0.29) is 11.6 Å². The monoisotopic (exact) mass is 323 g/mol. The van der Waals surface area contributed by atoms with Crippen LogP contribution in [0, 0.1) is 12.7 Å². The largest absolute Gasteiger partial charge is 0.346 e. The summed E-state index contributed by atoms with van der Waals surface area (Å²) in [6.07, 6.45) is 0.388. The van der Waals surface area contributed by atoms with Gasteiger partial charge in [-0.3, -0.25) is 4.79 Å². The first-order valence-corrected chi connectivity index (χ1v) is 6.80. The van der Waals surface area contributed by atoms with Crippen LogP contribution in [0.1, 0.15) is 18.2 Å². The first-order chi connectivity index (χ1) is 8.91. The molecule has 0 spiro atoms. The highest BCUT2D eigenvalue weighted by atomic mass is 79.9. The number of hydrogen-bond acceptors (Lipinski definition) is 1. The second kappa shape index (κ2) is 5.29. The Kier molecular flexibility index (Phi) is 3.90. The van der Waals surface area contributed by atoms with Crippen LogP contribution < -0.4 is 0 Å². The highest BCUT2D eigenvalue weighted by Gasteiger charge is 2.18. The molecule has 0 saturated heterocycles. The molecule has 2 aromatic rings. The first-order valence-electron chi connectivity index (χ1n) is 6.00. The van der Waals surface area contributed by atoms with E-state index in [1.54, 1.807) is 19.1 Å². The van der Waals surface area contributed by atoms with E-state index < -0.39 is 0 Å². The number of Topliss-reactive ketones (excluding diaryl/α,β-unsaturated/α-hetero) is 1. The molecule has 0 aliphatic rings. The minimum absolute atomic E-state index is 0.118. The summed E-state index contributed by atoms with van der Waals surface area (Å²) in [5.41, 5.74) is 3.95. The van der Waals surface area contributed by atoms with Crippen LogP contribution in [0.25, 0.3) is 11.3 Å². The number of carbonyl (C=O) groups excluding carboxylic acids is 1. The molecule has 0 radical (unpaired) electrons. The molecular formula is C15H15BrFNO. The van der Waals surface area contributed by atoms with Crippen LogP contribution in [0.4, 0.5) is 4.39 Å². The van der Waals surface area contributed by atoms with Crippen LogP contribution in [-0.4, -0.2) is 10.4 Å². The second-order valence-corrected chi connectivity index (χ2v) is 5.47. The zero-order chi connectivity index (χ0) is 14.2. The minimum atomic E-state index is -0.251. The molecular weight excluding hydrogens is 309 g/mol. The van der Waals surface area contributed by atoms with Crippen molar-refractivity contribution in [3.8, 4) is 11.3 Å². The maximum absolute atomic E-state index is 13.0. The first kappa shape index (κ1) is 14.0. The maximum Gasteiger partial charge on any atom is 0.135 e. The fourth-order valence-electron chi connectivity index (χ4n) is 2.30. The van der Waals surface area contributed by atoms with Crippen LogP contribution >= 0.6 is 15.9 Å². The van der Waals surface area contributed by atoms with Crippen LogP contribution in [0.5, 0.6) is 0 Å². The summed E-state index contributed by atoms with van der Waals surface area (Å²) in [5, 5.41) is 0. The van der Waals surface area contributed by atoms with Crippen molar-refractivity contribution in [2.24, 2.45) is 7.05 Å². The molecule has 2 rings (SSSR count). The summed E-state index contributed by atoms with van der Waals surface area (Å²) in [5.74, 6) is -0.134. The van der Waals surface area contributed by atoms with Gasteiger partial charge in [0.25, 0.3) is 0 Å². The average Bonchev–Trinajstić information content (AvgIpc) is 2.55. The molecule has 1 aromatic heterocycles. The fraction of sp³-hybridized carbons (Fsp3) is 0.267. The van der Waals surface area contributed by atoms with Crippen molar-refractivity contribution in [3.05, 3.63) is 45.8 Å². The van der Waals surface area contributed by atoms with E-state index in [2.05, 4.69) is 15.9 Å². The highest BCUT2D eigenvalue weighted by Crippen LogP contribution is 2.34. The molecule has 0 aliphatic carbocycles. The molecule has 2 nitrogen and oxygen atoms in total. The van der Waals surface area contributed by atoms with Gasteiger partial charge in [-0.2, -0.15) is 0 Å². The van der Waals surface area contributed by atoms with Gasteiger partial charge >= 0.3 is 0 Å². The zero-order valence-corrected chi connectivity index (χ0v) is 12.7. The van der Waals surface area contributed by atoms with E-state index in [0.29, 0.717) is 6.42 Å². The molecule has 0 unspecified atom stereocenters. The van der Waals surface area contributed by atoms with E-state index in [4.69, 9.17) is 0 Å². The number of ketones is 1. The highest BCUT2D eigenvalue weighted by molar-refractivity contribution is 9.10. The smallest absolute Gasteiger partial charge is 0.135 e. The molecule has 19 heavy (non-hydrogen) atoms. The minimum Gasteiger partial charge on any atom is -0.346 e. The SMILES string of the molecule is CC(=O)Cc1c(Br)c(C)c(-c2ccc(F)cc2)n1C. The summed E-state index contributed by atoms with van der Waals surface area (Å²) in [4.78, 5) is 11.3. The molecule has 100 valence electrons. The van der Waals surface area contributed by atoms with Gasteiger partial charge < -0.3 is 4.57 Å². The molecule has 0 amide bonds. The Labute approximate surface area is 120 Å². The molecule has 1 aromatic carbocycles. The van der Waals surface area contributed by atoms with Crippen LogP contribution in [0.3, 0.4) is 0 Å². The van der Waals surface area contributed by atoms with Gasteiger partial charge in [-0.15, -0.1) is 0 Å². The van der Waals surface area contributed by atoms with Gasteiger partial charge in [-0.1, -0.05) is 0 Å². The third-order valence-electron chi connectivity index (χ3n) is 3.21. The fourth-order valence-corrected chi connectivity index (χ4v) is 2.90. The van der Waals surface area contributed by atoms with Crippen molar-refractivity contribution in [2.45, 2.75) is 20.3 Å². The van der Waals surface area contributed by atoms with Crippen molar-refractivity contribution in [1.29, 1.82) is 0 Å². The van der Waals surface area contributed by atoms with Crippen molar-refractivity contribution in [1.82, 2.24) is 4.57 Å². The predicted octanol–water partition coefficient (Wildman–Crippen LogP) is 4.03. The van der Waals surface area contributed by atoms with E-state index in [1.807, 2.05) is 18.5 Å². The zero-order valence-electron chi connectivity index (χ0n) is 11.1. The second-order valence-electron chi connectivity index (χ2n) is 4.68. The summed E-state index contributed by atoms with van der Waals surface area (Å²) >= 11 is 3.54. The maximum atomic E-state index is 13.0. The van der Waals surface area contributed by atoms with Gasteiger partial charge in [0.1, 0.15) is 11.6 Å². The van der Waals surface area contributed by atoms with Crippen LogP contribution in [0.15, 0.2) is 28.7 Å². The molecule has 0 saturated carbocycles. The Balaban J connectivity index is 2.58. The Hall–Kier alpha value is -1.42. The summed E-state index contributed by atoms with van der Waals surface area (Å²) in [7, 11) is 1.93. The number of nitrogens with zero attached hydrogens (tertiary/aromatic N) is 1. The lowest BCUT2D eigenvalue weighted by atomic mass is 10.1. The van der Waals surface area contributed by atoms with Crippen LogP contribution in [-0.2, 0) is 18.3 Å². The predicted molar refractivity (Wildman–Crippen MR) is 77.6 cm³/mol. The van der Waals surface area contributed by atoms with Crippen LogP contribution in [0.2, 0.25) is 0 Å². The molecule has 1 heterocycles. The summed E-state index contributed by atoms with van der Waals surface area (Å²) in [6.45, 7) is 3.57. The van der Waals surface area contributed by atoms with Crippen molar-refractivity contribution < 1.29 is 9.18 Å². The lowest BCUT2D eigenvalue weighted by Gasteiger charge is -2.08. The molecule has 0 N–H and O–H groups in total.